The van der Waals surface area contributed by atoms with Crippen molar-refractivity contribution in [3.63, 3.8) is 0 Å². The summed E-state index contributed by atoms with van der Waals surface area (Å²) in [4.78, 5) is 5.21. The molecule has 9 aromatic carbocycles. The molecule has 13 rings (SSSR count). The smallest absolute Gasteiger partial charge is 0.252 e. The van der Waals surface area contributed by atoms with Gasteiger partial charge >= 0.3 is 0 Å². The lowest BCUT2D eigenvalue weighted by Gasteiger charge is -2.45. The minimum Gasteiger partial charge on any atom is -0.456 e. The number of thiophene rings is 1. The Morgan fingerprint density at radius 1 is 0.397 bits per heavy atom. The van der Waals surface area contributed by atoms with E-state index in [1.54, 1.807) is 0 Å². The van der Waals surface area contributed by atoms with Crippen molar-refractivity contribution in [1.29, 1.82) is 0 Å². The molecule has 0 unspecified atom stereocenters. The van der Waals surface area contributed by atoms with Crippen LogP contribution in [-0.4, -0.2) is 6.71 Å². The quantitative estimate of drug-likeness (QED) is 0.162. The van der Waals surface area contributed by atoms with Crippen LogP contribution in [0.3, 0.4) is 0 Å². The van der Waals surface area contributed by atoms with Gasteiger partial charge in [-0.25, -0.2) is 0 Å². The molecule has 63 heavy (non-hydrogen) atoms. The van der Waals surface area contributed by atoms with E-state index < -0.39 is 0 Å². The maximum atomic E-state index is 6.75. The van der Waals surface area contributed by atoms with Gasteiger partial charge in [-0.1, -0.05) is 157 Å². The summed E-state index contributed by atoms with van der Waals surface area (Å²) in [6.45, 7) is 14.1. The molecule has 0 atom stereocenters. The predicted octanol–water partition coefficient (Wildman–Crippen LogP) is 14.9. The standard InChI is InChI=1S/C58H45BN2OS/c1-57(2,3)54-36-18-9-7-16-34(36)26-28-44(54)60-46-22-15-23-47-56(46)59(42-30-40-38-20-11-13-24-50(38)62-51(40)32-48(42)60)43-31-41-39-21-12-14-25-52(39)63-53(41)33-49(43)61(47)45-29-27-35-17-8-10-19-37(35)55(45)58(4,5)6/h7-33H,1-6H3. The Bertz CT molecular complexity index is 3510. The normalized spacial score (nSPS) is 13.8. The van der Waals surface area contributed by atoms with E-state index in [0.717, 1.165) is 27.6 Å². The second kappa shape index (κ2) is 12.9. The third-order valence-electron chi connectivity index (χ3n) is 13.8. The molecule has 0 aliphatic carbocycles. The number of rotatable bonds is 2. The van der Waals surface area contributed by atoms with Gasteiger partial charge in [0.25, 0.3) is 6.71 Å². The summed E-state index contributed by atoms with van der Waals surface area (Å²) >= 11 is 1.90. The van der Waals surface area contributed by atoms with Crippen LogP contribution in [0.1, 0.15) is 52.7 Å². The first-order chi connectivity index (χ1) is 30.5. The SMILES string of the molecule is CC(C)(C)c1c(N2c3cc4oc5ccccc5c4cc3B3c4cc5c(cc4N(c4ccc6ccccc6c4C(C)(C)C)c4cccc2c43)sc2ccccc25)ccc2ccccc12. The maximum Gasteiger partial charge on any atom is 0.252 e. The molecule has 2 aliphatic rings. The maximum absolute atomic E-state index is 6.75. The van der Waals surface area contributed by atoms with Gasteiger partial charge in [0.1, 0.15) is 11.2 Å². The van der Waals surface area contributed by atoms with Gasteiger partial charge in [0.15, 0.2) is 0 Å². The number of hydrogen-bond acceptors (Lipinski definition) is 4. The Kier molecular flexibility index (Phi) is 7.52. The Labute approximate surface area is 371 Å². The molecule has 2 aliphatic heterocycles. The predicted molar refractivity (Wildman–Crippen MR) is 273 cm³/mol. The van der Waals surface area contributed by atoms with E-state index >= 15 is 0 Å². The Morgan fingerprint density at radius 2 is 0.921 bits per heavy atom. The number of nitrogens with zero attached hydrogens (tertiary/aromatic N) is 2. The van der Waals surface area contributed by atoms with Crippen LogP contribution in [-0.2, 0) is 10.8 Å². The molecule has 0 amide bonds. The van der Waals surface area contributed by atoms with Crippen LogP contribution in [0.25, 0.3) is 63.7 Å². The molecule has 0 saturated carbocycles. The van der Waals surface area contributed by atoms with Crippen LogP contribution >= 0.6 is 11.3 Å². The fourth-order valence-corrected chi connectivity index (χ4v) is 12.5. The fraction of sp³-hybridized carbons (Fsp3) is 0.138. The summed E-state index contributed by atoms with van der Waals surface area (Å²) in [6, 6.07) is 61.5. The van der Waals surface area contributed by atoms with Crippen molar-refractivity contribution in [2.24, 2.45) is 0 Å². The molecule has 3 nitrogen and oxygen atoms in total. The fourth-order valence-electron chi connectivity index (χ4n) is 11.4. The highest BCUT2D eigenvalue weighted by Crippen LogP contribution is 2.51. The van der Waals surface area contributed by atoms with E-state index in [1.807, 2.05) is 11.3 Å². The van der Waals surface area contributed by atoms with Crippen molar-refractivity contribution in [3.8, 4) is 0 Å². The minimum absolute atomic E-state index is 0.0492. The lowest BCUT2D eigenvalue weighted by Crippen LogP contribution is -2.61. The topological polar surface area (TPSA) is 19.6 Å². The summed E-state index contributed by atoms with van der Waals surface area (Å²) in [6.07, 6.45) is 0. The van der Waals surface area contributed by atoms with E-state index in [2.05, 4.69) is 215 Å². The van der Waals surface area contributed by atoms with Gasteiger partial charge < -0.3 is 14.2 Å². The number of fused-ring (bicyclic) bond motifs is 12. The highest BCUT2D eigenvalue weighted by molar-refractivity contribution is 7.26. The monoisotopic (exact) mass is 828 g/mol. The molecule has 302 valence electrons. The first kappa shape index (κ1) is 36.8. The molecule has 0 bridgehead atoms. The lowest BCUT2D eigenvalue weighted by atomic mass is 9.33. The third-order valence-corrected chi connectivity index (χ3v) is 14.9. The van der Waals surface area contributed by atoms with Gasteiger partial charge in [-0.05, 0) is 108 Å². The average molecular weight is 829 g/mol. The van der Waals surface area contributed by atoms with E-state index in [1.165, 1.54) is 97.7 Å². The molecule has 2 aromatic heterocycles. The Balaban J connectivity index is 1.20. The van der Waals surface area contributed by atoms with Crippen LogP contribution < -0.4 is 26.2 Å². The molecule has 0 spiro atoms. The highest BCUT2D eigenvalue weighted by atomic mass is 32.1. The minimum atomic E-state index is -0.164. The summed E-state index contributed by atoms with van der Waals surface area (Å²) in [5.74, 6) is 0. The highest BCUT2D eigenvalue weighted by Gasteiger charge is 2.45. The van der Waals surface area contributed by atoms with Crippen molar-refractivity contribution in [2.45, 2.75) is 52.4 Å². The molecule has 0 radical (unpaired) electrons. The first-order valence-corrected chi connectivity index (χ1v) is 23.0. The van der Waals surface area contributed by atoms with Crippen molar-refractivity contribution in [2.75, 3.05) is 9.80 Å². The first-order valence-electron chi connectivity index (χ1n) is 22.2. The van der Waals surface area contributed by atoms with Gasteiger partial charge in [0.05, 0.1) is 11.4 Å². The third kappa shape index (κ3) is 5.20. The zero-order valence-electron chi connectivity index (χ0n) is 36.4. The number of benzene rings is 9. The summed E-state index contributed by atoms with van der Waals surface area (Å²) in [5.41, 5.74) is 15.4. The van der Waals surface area contributed by atoms with E-state index in [-0.39, 0.29) is 17.5 Å². The summed E-state index contributed by atoms with van der Waals surface area (Å²) in [7, 11) is 0. The van der Waals surface area contributed by atoms with Crippen LogP contribution in [0.2, 0.25) is 0 Å². The van der Waals surface area contributed by atoms with Crippen LogP contribution in [0, 0.1) is 0 Å². The summed E-state index contributed by atoms with van der Waals surface area (Å²) < 4.78 is 9.37. The second-order valence-corrected chi connectivity index (χ2v) is 20.8. The van der Waals surface area contributed by atoms with Gasteiger partial charge in [-0.3, -0.25) is 0 Å². The Morgan fingerprint density at radius 3 is 1.54 bits per heavy atom. The van der Waals surface area contributed by atoms with Gasteiger partial charge in [-0.15, -0.1) is 11.3 Å². The molecule has 11 aromatic rings. The van der Waals surface area contributed by atoms with Crippen LogP contribution in [0.15, 0.2) is 168 Å². The van der Waals surface area contributed by atoms with Crippen LogP contribution in [0.4, 0.5) is 34.1 Å². The molecular weight excluding hydrogens is 784 g/mol. The van der Waals surface area contributed by atoms with Gasteiger partial charge in [-0.2, -0.15) is 0 Å². The zero-order valence-corrected chi connectivity index (χ0v) is 37.2. The molecule has 0 N–H and O–H groups in total. The molecule has 0 fully saturated rings. The van der Waals surface area contributed by atoms with Crippen molar-refractivity contribution < 1.29 is 4.42 Å². The summed E-state index contributed by atoms with van der Waals surface area (Å²) in [5, 5.41) is 10.0. The van der Waals surface area contributed by atoms with E-state index in [9.17, 15) is 0 Å². The van der Waals surface area contributed by atoms with Crippen molar-refractivity contribution in [3.05, 3.63) is 175 Å². The van der Waals surface area contributed by atoms with Crippen LogP contribution in [0.5, 0.6) is 0 Å². The number of para-hydroxylation sites is 1. The number of furan rings is 1. The van der Waals surface area contributed by atoms with E-state index in [0.29, 0.717) is 0 Å². The van der Waals surface area contributed by atoms with E-state index in [4.69, 9.17) is 4.42 Å². The molecule has 5 heteroatoms. The average Bonchev–Trinajstić information content (AvgIpc) is 3.83. The lowest BCUT2D eigenvalue weighted by molar-refractivity contribution is 0.596. The molecular formula is C58H45BN2OS. The van der Waals surface area contributed by atoms with Crippen molar-refractivity contribution in [1.82, 2.24) is 0 Å². The van der Waals surface area contributed by atoms with Gasteiger partial charge in [0.2, 0.25) is 0 Å². The largest absolute Gasteiger partial charge is 0.456 e. The second-order valence-electron chi connectivity index (χ2n) is 19.7. The molecule has 4 heterocycles. The van der Waals surface area contributed by atoms with Gasteiger partial charge in [0, 0.05) is 54.4 Å². The number of anilines is 6. The number of hydrogen-bond donors (Lipinski definition) is 0. The molecule has 0 saturated heterocycles. The zero-order chi connectivity index (χ0) is 42.5. The Hall–Kier alpha value is -6.82. The van der Waals surface area contributed by atoms with Crippen molar-refractivity contribution >= 4 is 132 Å².